The number of anilines is 1. The van der Waals surface area contributed by atoms with Gasteiger partial charge in [-0.2, -0.15) is 4.98 Å². The summed E-state index contributed by atoms with van der Waals surface area (Å²) in [5.41, 5.74) is 0.804. The first-order valence-electron chi connectivity index (χ1n) is 5.60. The Morgan fingerprint density at radius 2 is 2.28 bits per heavy atom. The maximum Gasteiger partial charge on any atom is 0.243 e. The molecule has 0 fully saturated rings. The summed E-state index contributed by atoms with van der Waals surface area (Å²) in [4.78, 5) is 4.39. The molecule has 0 spiro atoms. The largest absolute Gasteiger partial charge is 0.469 e. The normalized spacial score (nSPS) is 10.9. The van der Waals surface area contributed by atoms with E-state index in [0.717, 1.165) is 28.8 Å². The van der Waals surface area contributed by atoms with Crippen molar-refractivity contribution in [1.82, 2.24) is 14.6 Å². The van der Waals surface area contributed by atoms with Crippen LogP contribution in [0.1, 0.15) is 5.76 Å². The van der Waals surface area contributed by atoms with Crippen LogP contribution in [-0.4, -0.2) is 21.1 Å². The Balaban J connectivity index is 1.69. The van der Waals surface area contributed by atoms with E-state index in [1.807, 2.05) is 30.5 Å². The number of nitrogens with one attached hydrogen (secondary N) is 1. The average molecular weight is 307 g/mol. The summed E-state index contributed by atoms with van der Waals surface area (Å²) in [7, 11) is 0. The first-order valence-corrected chi connectivity index (χ1v) is 6.39. The Kier molecular flexibility index (Phi) is 3.02. The molecule has 0 saturated carbocycles. The van der Waals surface area contributed by atoms with E-state index in [0.29, 0.717) is 5.95 Å². The van der Waals surface area contributed by atoms with E-state index in [2.05, 4.69) is 31.3 Å². The van der Waals surface area contributed by atoms with E-state index in [-0.39, 0.29) is 0 Å². The van der Waals surface area contributed by atoms with Crippen LogP contribution in [0.15, 0.2) is 45.6 Å². The quantitative estimate of drug-likeness (QED) is 0.805. The van der Waals surface area contributed by atoms with Gasteiger partial charge in [0.25, 0.3) is 0 Å². The van der Waals surface area contributed by atoms with Crippen LogP contribution in [-0.2, 0) is 6.42 Å². The highest BCUT2D eigenvalue weighted by Crippen LogP contribution is 2.16. The molecule has 0 radical (unpaired) electrons. The lowest BCUT2D eigenvalue weighted by Gasteiger charge is -1.98. The Morgan fingerprint density at radius 1 is 1.33 bits per heavy atom. The number of rotatable bonds is 4. The van der Waals surface area contributed by atoms with Gasteiger partial charge in [-0.15, -0.1) is 5.10 Å². The van der Waals surface area contributed by atoms with E-state index < -0.39 is 0 Å². The van der Waals surface area contributed by atoms with Gasteiger partial charge in [-0.3, -0.25) is 0 Å². The molecule has 3 aromatic rings. The van der Waals surface area contributed by atoms with Crippen LogP contribution in [0.25, 0.3) is 5.65 Å². The van der Waals surface area contributed by atoms with E-state index in [1.165, 1.54) is 0 Å². The second kappa shape index (κ2) is 4.81. The number of halogens is 1. The minimum atomic E-state index is 0.619. The smallest absolute Gasteiger partial charge is 0.243 e. The van der Waals surface area contributed by atoms with Gasteiger partial charge in [-0.05, 0) is 40.2 Å². The zero-order valence-electron chi connectivity index (χ0n) is 9.51. The predicted molar refractivity (Wildman–Crippen MR) is 71.6 cm³/mol. The van der Waals surface area contributed by atoms with Gasteiger partial charge in [0.05, 0.1) is 10.7 Å². The average Bonchev–Trinajstić information content (AvgIpc) is 2.98. The molecule has 0 aliphatic heterocycles. The van der Waals surface area contributed by atoms with Crippen molar-refractivity contribution in [2.75, 3.05) is 11.9 Å². The first-order chi connectivity index (χ1) is 8.83. The topological polar surface area (TPSA) is 55.4 Å². The van der Waals surface area contributed by atoms with Crippen molar-refractivity contribution in [3.63, 3.8) is 0 Å². The summed E-state index contributed by atoms with van der Waals surface area (Å²) in [5.74, 6) is 1.57. The summed E-state index contributed by atoms with van der Waals surface area (Å²) in [6.45, 7) is 0.738. The molecule has 0 aliphatic rings. The molecule has 3 heterocycles. The van der Waals surface area contributed by atoms with Crippen LogP contribution in [0.2, 0.25) is 0 Å². The Hall–Kier alpha value is -1.82. The lowest BCUT2D eigenvalue weighted by molar-refractivity contribution is 0.512. The molecule has 3 aromatic heterocycles. The standard InChI is InChI=1S/C12H11BrN4O/c13-10-4-1-7-17-11(10)15-12(16-17)14-6-5-9-3-2-8-18-9/h1-4,7-8H,5-6H2,(H,14,16). The Morgan fingerprint density at radius 3 is 3.06 bits per heavy atom. The fraction of sp³-hybridized carbons (Fsp3) is 0.167. The van der Waals surface area contributed by atoms with Crippen molar-refractivity contribution >= 4 is 27.5 Å². The summed E-state index contributed by atoms with van der Waals surface area (Å²) in [5, 5.41) is 7.50. The third-order valence-electron chi connectivity index (χ3n) is 2.55. The van der Waals surface area contributed by atoms with E-state index in [4.69, 9.17) is 4.42 Å². The fourth-order valence-electron chi connectivity index (χ4n) is 1.70. The van der Waals surface area contributed by atoms with Gasteiger partial charge >= 0.3 is 0 Å². The molecule has 6 heteroatoms. The molecule has 0 bridgehead atoms. The maximum atomic E-state index is 5.26. The zero-order valence-corrected chi connectivity index (χ0v) is 11.1. The molecular weight excluding hydrogens is 296 g/mol. The second-order valence-electron chi connectivity index (χ2n) is 3.82. The van der Waals surface area contributed by atoms with Crippen LogP contribution >= 0.6 is 15.9 Å². The lowest BCUT2D eigenvalue weighted by atomic mass is 10.3. The molecule has 0 unspecified atom stereocenters. The third kappa shape index (κ3) is 2.24. The number of pyridine rings is 1. The fourth-order valence-corrected chi connectivity index (χ4v) is 2.12. The summed E-state index contributed by atoms with van der Waals surface area (Å²) in [6, 6.07) is 7.69. The first kappa shape index (κ1) is 11.3. The van der Waals surface area contributed by atoms with Crippen molar-refractivity contribution in [1.29, 1.82) is 0 Å². The molecule has 0 aliphatic carbocycles. The molecule has 0 atom stereocenters. The van der Waals surface area contributed by atoms with Gasteiger partial charge in [0.15, 0.2) is 5.65 Å². The number of hydrogen-bond acceptors (Lipinski definition) is 4. The van der Waals surface area contributed by atoms with Gasteiger partial charge in [-0.25, -0.2) is 4.52 Å². The molecule has 0 aromatic carbocycles. The number of nitrogens with zero attached hydrogens (tertiary/aromatic N) is 3. The Labute approximate surface area is 112 Å². The second-order valence-corrected chi connectivity index (χ2v) is 4.67. The van der Waals surface area contributed by atoms with Gasteiger partial charge in [0.1, 0.15) is 5.76 Å². The zero-order chi connectivity index (χ0) is 12.4. The van der Waals surface area contributed by atoms with Crippen molar-refractivity contribution in [3.05, 3.63) is 47.0 Å². The van der Waals surface area contributed by atoms with Gasteiger partial charge in [-0.1, -0.05) is 0 Å². The summed E-state index contributed by atoms with van der Waals surface area (Å²) in [6.07, 6.45) is 4.35. The van der Waals surface area contributed by atoms with Crippen LogP contribution < -0.4 is 5.32 Å². The minimum Gasteiger partial charge on any atom is -0.469 e. The van der Waals surface area contributed by atoms with Gasteiger partial charge in [0, 0.05) is 19.2 Å². The molecule has 0 amide bonds. The van der Waals surface area contributed by atoms with Crippen LogP contribution in [0.3, 0.4) is 0 Å². The molecule has 0 saturated heterocycles. The Bertz CT molecular complexity index is 647. The van der Waals surface area contributed by atoms with E-state index in [9.17, 15) is 0 Å². The maximum absolute atomic E-state index is 5.26. The van der Waals surface area contributed by atoms with E-state index >= 15 is 0 Å². The molecule has 92 valence electrons. The van der Waals surface area contributed by atoms with E-state index in [1.54, 1.807) is 10.8 Å². The highest BCUT2D eigenvalue weighted by atomic mass is 79.9. The molecule has 1 N–H and O–H groups in total. The number of furan rings is 1. The highest BCUT2D eigenvalue weighted by molar-refractivity contribution is 9.10. The van der Waals surface area contributed by atoms with Gasteiger partial charge in [0.2, 0.25) is 5.95 Å². The molecule has 5 nitrogen and oxygen atoms in total. The van der Waals surface area contributed by atoms with Crippen molar-refractivity contribution in [2.45, 2.75) is 6.42 Å². The monoisotopic (exact) mass is 306 g/mol. The van der Waals surface area contributed by atoms with Crippen LogP contribution in [0, 0.1) is 0 Å². The number of fused-ring (bicyclic) bond motifs is 1. The number of aromatic nitrogens is 3. The summed E-state index contributed by atoms with van der Waals surface area (Å²) < 4.78 is 7.92. The SMILES string of the molecule is Brc1cccn2nc(NCCc3ccco3)nc12. The molecule has 3 rings (SSSR count). The van der Waals surface area contributed by atoms with Gasteiger partial charge < -0.3 is 9.73 Å². The minimum absolute atomic E-state index is 0.619. The predicted octanol–water partition coefficient (Wildman–Crippen LogP) is 2.74. The van der Waals surface area contributed by atoms with Crippen molar-refractivity contribution in [2.24, 2.45) is 0 Å². The van der Waals surface area contributed by atoms with Crippen LogP contribution in [0.5, 0.6) is 0 Å². The highest BCUT2D eigenvalue weighted by Gasteiger charge is 2.05. The molecule has 18 heavy (non-hydrogen) atoms. The molecular formula is C12H11BrN4O. The lowest BCUT2D eigenvalue weighted by Crippen LogP contribution is -2.05. The number of hydrogen-bond donors (Lipinski definition) is 1. The summed E-state index contributed by atoms with van der Waals surface area (Å²) >= 11 is 3.44. The van der Waals surface area contributed by atoms with Crippen molar-refractivity contribution < 1.29 is 4.42 Å². The van der Waals surface area contributed by atoms with Crippen LogP contribution in [0.4, 0.5) is 5.95 Å². The van der Waals surface area contributed by atoms with Crippen molar-refractivity contribution in [3.8, 4) is 0 Å². The third-order valence-corrected chi connectivity index (χ3v) is 3.17.